The summed E-state index contributed by atoms with van der Waals surface area (Å²) < 4.78 is 20.3. The number of anilines is 2. The van der Waals surface area contributed by atoms with Gasteiger partial charge in [-0.1, -0.05) is 50.1 Å². The van der Waals surface area contributed by atoms with Gasteiger partial charge < -0.3 is 20.3 Å². The molecule has 0 bridgehead atoms. The summed E-state index contributed by atoms with van der Waals surface area (Å²) in [5.41, 5.74) is 2.81. The number of halogens is 2. The van der Waals surface area contributed by atoms with Crippen molar-refractivity contribution in [3.63, 3.8) is 0 Å². The maximum absolute atomic E-state index is 13.5. The number of nitrogens with zero attached hydrogens (tertiary/aromatic N) is 3. The van der Waals surface area contributed by atoms with Crippen LogP contribution in [-0.2, 0) is 14.9 Å². The standard InChI is InChI=1S/C27H33ClFN5O3/c1-18-7-10-20(11-8-18)34-24(16-23(32-34)27(2,3)4)31-25(35)17-33(13-6-14-37-5)26(36)30-19-9-12-22(29)21(28)15-19/h7-12,15-16H,6,13-14,17H2,1-5H3,(H,30,36)(H,31,35). The highest BCUT2D eigenvalue weighted by Gasteiger charge is 2.23. The van der Waals surface area contributed by atoms with E-state index in [9.17, 15) is 14.0 Å². The quantitative estimate of drug-likeness (QED) is 0.344. The van der Waals surface area contributed by atoms with Crippen LogP contribution in [0.1, 0.15) is 38.4 Å². The van der Waals surface area contributed by atoms with Crippen LogP contribution in [0.5, 0.6) is 0 Å². The third-order valence-electron chi connectivity index (χ3n) is 5.59. The summed E-state index contributed by atoms with van der Waals surface area (Å²) in [4.78, 5) is 27.5. The molecule has 0 aliphatic rings. The average molecular weight is 530 g/mol. The van der Waals surface area contributed by atoms with E-state index in [0.717, 1.165) is 16.9 Å². The maximum Gasteiger partial charge on any atom is 0.322 e. The van der Waals surface area contributed by atoms with Crippen molar-refractivity contribution in [2.45, 2.75) is 39.5 Å². The van der Waals surface area contributed by atoms with Crippen molar-refractivity contribution in [3.8, 4) is 5.69 Å². The van der Waals surface area contributed by atoms with Crippen LogP contribution in [-0.4, -0.2) is 53.4 Å². The Morgan fingerprint density at radius 2 is 1.81 bits per heavy atom. The predicted octanol–water partition coefficient (Wildman–Crippen LogP) is 5.78. The number of carbonyl (C=O) groups is 2. The second-order valence-electron chi connectivity index (χ2n) is 9.79. The van der Waals surface area contributed by atoms with Crippen molar-refractivity contribution in [1.29, 1.82) is 0 Å². The average Bonchev–Trinajstić information content (AvgIpc) is 3.25. The van der Waals surface area contributed by atoms with Crippen LogP contribution >= 0.6 is 11.6 Å². The van der Waals surface area contributed by atoms with E-state index in [1.165, 1.54) is 23.1 Å². The van der Waals surface area contributed by atoms with Crippen LogP contribution in [0, 0.1) is 12.7 Å². The van der Waals surface area contributed by atoms with Gasteiger partial charge in [0.2, 0.25) is 5.91 Å². The summed E-state index contributed by atoms with van der Waals surface area (Å²) in [7, 11) is 1.57. The molecule has 198 valence electrons. The van der Waals surface area contributed by atoms with Crippen molar-refractivity contribution in [2.75, 3.05) is 37.4 Å². The highest BCUT2D eigenvalue weighted by molar-refractivity contribution is 6.31. The molecule has 3 rings (SSSR count). The number of benzene rings is 2. The molecule has 3 aromatic rings. The zero-order chi connectivity index (χ0) is 27.2. The van der Waals surface area contributed by atoms with Crippen molar-refractivity contribution in [3.05, 3.63) is 70.6 Å². The normalized spacial score (nSPS) is 11.3. The topological polar surface area (TPSA) is 88.5 Å². The lowest BCUT2D eigenvalue weighted by Gasteiger charge is -2.23. The van der Waals surface area contributed by atoms with Gasteiger partial charge in [0, 0.05) is 37.4 Å². The van der Waals surface area contributed by atoms with E-state index in [-0.39, 0.29) is 23.5 Å². The van der Waals surface area contributed by atoms with Crippen LogP contribution < -0.4 is 10.6 Å². The number of methoxy groups -OCH3 is 1. The first-order chi connectivity index (χ1) is 17.5. The van der Waals surface area contributed by atoms with Gasteiger partial charge in [0.15, 0.2) is 0 Å². The molecular weight excluding hydrogens is 497 g/mol. The fourth-order valence-corrected chi connectivity index (χ4v) is 3.68. The van der Waals surface area contributed by atoms with Gasteiger partial charge in [-0.15, -0.1) is 0 Å². The molecule has 0 aliphatic carbocycles. The minimum absolute atomic E-state index is 0.111. The number of aryl methyl sites for hydroxylation is 1. The fraction of sp³-hybridized carbons (Fsp3) is 0.370. The third-order valence-corrected chi connectivity index (χ3v) is 5.88. The van der Waals surface area contributed by atoms with Crippen molar-refractivity contribution in [2.24, 2.45) is 0 Å². The van der Waals surface area contributed by atoms with Crippen LogP contribution in [0.2, 0.25) is 5.02 Å². The van der Waals surface area contributed by atoms with E-state index in [0.29, 0.717) is 24.5 Å². The minimum atomic E-state index is -0.587. The molecular formula is C27H33ClFN5O3. The molecule has 2 aromatic carbocycles. The van der Waals surface area contributed by atoms with E-state index < -0.39 is 17.8 Å². The first kappa shape index (κ1) is 28.1. The summed E-state index contributed by atoms with van der Waals surface area (Å²) in [6.45, 7) is 8.61. The molecule has 1 heterocycles. The highest BCUT2D eigenvalue weighted by Crippen LogP contribution is 2.26. The van der Waals surface area contributed by atoms with Crippen LogP contribution in [0.3, 0.4) is 0 Å². The van der Waals surface area contributed by atoms with Crippen LogP contribution in [0.25, 0.3) is 5.69 Å². The summed E-state index contributed by atoms with van der Waals surface area (Å²) in [6, 6.07) is 13.0. The molecule has 0 radical (unpaired) electrons. The molecule has 0 unspecified atom stereocenters. The summed E-state index contributed by atoms with van der Waals surface area (Å²) >= 11 is 5.83. The molecule has 0 aliphatic heterocycles. The van der Waals surface area contributed by atoms with Crippen molar-refractivity contribution >= 4 is 35.0 Å². The second kappa shape index (κ2) is 12.2. The van der Waals surface area contributed by atoms with E-state index in [1.807, 2.05) is 58.0 Å². The van der Waals surface area contributed by atoms with Gasteiger partial charge >= 0.3 is 6.03 Å². The Balaban J connectivity index is 1.80. The smallest absolute Gasteiger partial charge is 0.322 e. The second-order valence-corrected chi connectivity index (χ2v) is 10.2. The molecule has 37 heavy (non-hydrogen) atoms. The Labute approximate surface area is 221 Å². The minimum Gasteiger partial charge on any atom is -0.385 e. The van der Waals surface area contributed by atoms with Gasteiger partial charge in [0.05, 0.1) is 16.4 Å². The molecule has 0 saturated heterocycles. The number of hydrogen-bond donors (Lipinski definition) is 2. The third kappa shape index (κ3) is 7.77. The number of nitrogens with one attached hydrogen (secondary N) is 2. The molecule has 1 aromatic heterocycles. The maximum atomic E-state index is 13.5. The highest BCUT2D eigenvalue weighted by atomic mass is 35.5. The SMILES string of the molecule is COCCCN(CC(=O)Nc1cc(C(C)(C)C)nn1-c1ccc(C)cc1)C(=O)Nc1ccc(F)c(Cl)c1. The Morgan fingerprint density at radius 1 is 1.11 bits per heavy atom. The zero-order valence-electron chi connectivity index (χ0n) is 21.8. The first-order valence-electron chi connectivity index (χ1n) is 12.0. The Kier molecular flexibility index (Phi) is 9.29. The lowest BCUT2D eigenvalue weighted by molar-refractivity contribution is -0.116. The summed E-state index contributed by atoms with van der Waals surface area (Å²) in [5, 5.41) is 10.2. The van der Waals surface area contributed by atoms with E-state index >= 15 is 0 Å². The number of aromatic nitrogens is 2. The molecule has 10 heteroatoms. The largest absolute Gasteiger partial charge is 0.385 e. The van der Waals surface area contributed by atoms with Gasteiger partial charge in [-0.05, 0) is 43.7 Å². The van der Waals surface area contributed by atoms with Crippen molar-refractivity contribution in [1.82, 2.24) is 14.7 Å². The van der Waals surface area contributed by atoms with E-state index in [4.69, 9.17) is 21.4 Å². The van der Waals surface area contributed by atoms with E-state index in [2.05, 4.69) is 10.6 Å². The number of ether oxygens (including phenoxy) is 1. The van der Waals surface area contributed by atoms with Crippen molar-refractivity contribution < 1.29 is 18.7 Å². The molecule has 0 atom stereocenters. The number of urea groups is 1. The molecule has 0 saturated carbocycles. The van der Waals surface area contributed by atoms with Gasteiger partial charge in [0.25, 0.3) is 0 Å². The van der Waals surface area contributed by atoms with Gasteiger partial charge in [0.1, 0.15) is 18.2 Å². The Hall–Kier alpha value is -3.43. The molecule has 0 spiro atoms. The number of rotatable bonds is 9. The summed E-state index contributed by atoms with van der Waals surface area (Å²) in [5.74, 6) is -0.476. The monoisotopic (exact) mass is 529 g/mol. The lowest BCUT2D eigenvalue weighted by Crippen LogP contribution is -2.41. The Morgan fingerprint density at radius 3 is 2.43 bits per heavy atom. The van der Waals surface area contributed by atoms with Gasteiger partial charge in [-0.3, -0.25) is 4.79 Å². The summed E-state index contributed by atoms with van der Waals surface area (Å²) in [6.07, 6.45) is 0.525. The molecule has 3 amide bonds. The first-order valence-corrected chi connectivity index (χ1v) is 12.3. The number of amides is 3. The predicted molar refractivity (Wildman–Crippen MR) is 144 cm³/mol. The van der Waals surface area contributed by atoms with Crippen LogP contribution in [0.4, 0.5) is 20.7 Å². The number of hydrogen-bond acceptors (Lipinski definition) is 4. The van der Waals surface area contributed by atoms with E-state index in [1.54, 1.807) is 11.8 Å². The Bertz CT molecular complexity index is 1240. The molecule has 2 N–H and O–H groups in total. The van der Waals surface area contributed by atoms with Crippen LogP contribution in [0.15, 0.2) is 48.5 Å². The van der Waals surface area contributed by atoms with Gasteiger partial charge in [-0.2, -0.15) is 5.10 Å². The number of carbonyl (C=O) groups excluding carboxylic acids is 2. The zero-order valence-corrected chi connectivity index (χ0v) is 22.5. The lowest BCUT2D eigenvalue weighted by atomic mass is 9.92. The van der Waals surface area contributed by atoms with Gasteiger partial charge in [-0.25, -0.2) is 13.9 Å². The molecule has 0 fully saturated rings. The fourth-order valence-electron chi connectivity index (χ4n) is 3.50. The molecule has 8 nitrogen and oxygen atoms in total.